The zero-order valence-electron chi connectivity index (χ0n) is 11.7. The molecule has 0 amide bonds. The second-order valence-corrected chi connectivity index (χ2v) is 4.79. The van der Waals surface area contributed by atoms with Crippen molar-refractivity contribution < 1.29 is 9.47 Å². The first-order valence-electron chi connectivity index (χ1n) is 6.42. The van der Waals surface area contributed by atoms with E-state index < -0.39 is 0 Å². The molecule has 2 rings (SSSR count). The van der Waals surface area contributed by atoms with E-state index in [0.717, 1.165) is 34.2 Å². The number of ether oxygens (including phenoxy) is 2. The maximum atomic E-state index is 6.13. The van der Waals surface area contributed by atoms with Crippen molar-refractivity contribution >= 4 is 11.6 Å². The van der Waals surface area contributed by atoms with Gasteiger partial charge >= 0.3 is 0 Å². The zero-order valence-corrected chi connectivity index (χ0v) is 12.4. The van der Waals surface area contributed by atoms with E-state index in [1.54, 1.807) is 7.11 Å². The second kappa shape index (κ2) is 7.17. The van der Waals surface area contributed by atoms with Gasteiger partial charge in [0.2, 0.25) is 0 Å². The maximum Gasteiger partial charge on any atom is 0.124 e. The Kier molecular flexibility index (Phi) is 5.27. The monoisotopic (exact) mass is 291 g/mol. The fraction of sp³-hybridized carbons (Fsp3) is 0.250. The minimum Gasteiger partial charge on any atom is -0.497 e. The van der Waals surface area contributed by atoms with Crippen molar-refractivity contribution in [3.05, 3.63) is 58.6 Å². The smallest absolute Gasteiger partial charge is 0.124 e. The average molecular weight is 292 g/mol. The highest BCUT2D eigenvalue weighted by atomic mass is 35.5. The van der Waals surface area contributed by atoms with E-state index in [1.807, 2.05) is 49.5 Å². The molecule has 0 heterocycles. The summed E-state index contributed by atoms with van der Waals surface area (Å²) >= 11 is 6.13. The van der Waals surface area contributed by atoms with Crippen molar-refractivity contribution in [1.29, 1.82) is 0 Å². The van der Waals surface area contributed by atoms with Gasteiger partial charge in [-0.2, -0.15) is 0 Å². The van der Waals surface area contributed by atoms with Crippen LogP contribution in [0.2, 0.25) is 5.02 Å². The lowest BCUT2D eigenvalue weighted by atomic mass is 10.2. The van der Waals surface area contributed by atoms with Gasteiger partial charge in [0.25, 0.3) is 0 Å². The van der Waals surface area contributed by atoms with E-state index in [4.69, 9.17) is 21.1 Å². The molecular formula is C16H18ClNO2. The van der Waals surface area contributed by atoms with E-state index in [9.17, 15) is 0 Å². The summed E-state index contributed by atoms with van der Waals surface area (Å²) in [6, 6.07) is 13.5. The van der Waals surface area contributed by atoms with E-state index in [-0.39, 0.29) is 0 Å². The van der Waals surface area contributed by atoms with Gasteiger partial charge in [0.15, 0.2) is 0 Å². The Balaban J connectivity index is 2.14. The molecule has 0 saturated heterocycles. The van der Waals surface area contributed by atoms with Crippen molar-refractivity contribution in [3.8, 4) is 11.5 Å². The Morgan fingerprint density at radius 2 is 1.90 bits per heavy atom. The summed E-state index contributed by atoms with van der Waals surface area (Å²) in [4.78, 5) is 0. The summed E-state index contributed by atoms with van der Waals surface area (Å²) in [6.07, 6.45) is 0. The summed E-state index contributed by atoms with van der Waals surface area (Å²) in [5.74, 6) is 1.65. The second-order valence-electron chi connectivity index (χ2n) is 4.38. The summed E-state index contributed by atoms with van der Waals surface area (Å²) in [6.45, 7) is 1.16. The molecule has 106 valence electrons. The molecule has 0 aromatic heterocycles. The minimum absolute atomic E-state index is 0.447. The first kappa shape index (κ1) is 14.7. The van der Waals surface area contributed by atoms with Gasteiger partial charge in [0.1, 0.15) is 18.1 Å². The molecule has 0 radical (unpaired) electrons. The molecule has 0 unspecified atom stereocenters. The van der Waals surface area contributed by atoms with Crippen LogP contribution in [0.1, 0.15) is 11.1 Å². The topological polar surface area (TPSA) is 30.5 Å². The highest BCUT2D eigenvalue weighted by Gasteiger charge is 2.07. The predicted octanol–water partition coefficient (Wildman–Crippen LogP) is 3.65. The standard InChI is InChI=1S/C16H18ClNO2/c1-18-10-13-9-14(19-2)7-8-16(13)20-11-12-5-3-4-6-15(12)17/h3-9,18H,10-11H2,1-2H3. The SMILES string of the molecule is CNCc1cc(OC)ccc1OCc1ccccc1Cl. The molecule has 0 bridgehead atoms. The molecule has 0 aliphatic rings. The van der Waals surface area contributed by atoms with Gasteiger partial charge in [-0.3, -0.25) is 0 Å². The lowest BCUT2D eigenvalue weighted by molar-refractivity contribution is 0.301. The van der Waals surface area contributed by atoms with Crippen LogP contribution in [0.25, 0.3) is 0 Å². The number of nitrogens with one attached hydrogen (secondary N) is 1. The highest BCUT2D eigenvalue weighted by Crippen LogP contribution is 2.26. The Morgan fingerprint density at radius 1 is 1.10 bits per heavy atom. The maximum absolute atomic E-state index is 6.13. The molecule has 0 atom stereocenters. The van der Waals surface area contributed by atoms with Gasteiger partial charge in [-0.1, -0.05) is 29.8 Å². The quantitative estimate of drug-likeness (QED) is 0.881. The number of methoxy groups -OCH3 is 1. The van der Waals surface area contributed by atoms with Crippen LogP contribution in [0, 0.1) is 0 Å². The summed E-state index contributed by atoms with van der Waals surface area (Å²) in [5.41, 5.74) is 2.03. The molecule has 0 aliphatic carbocycles. The molecule has 4 heteroatoms. The van der Waals surface area contributed by atoms with Gasteiger partial charge in [-0.05, 0) is 31.3 Å². The number of hydrogen-bond donors (Lipinski definition) is 1. The summed E-state index contributed by atoms with van der Waals surface area (Å²) < 4.78 is 11.1. The van der Waals surface area contributed by atoms with Gasteiger partial charge in [-0.25, -0.2) is 0 Å². The molecule has 1 N–H and O–H groups in total. The Hall–Kier alpha value is -1.71. The molecule has 20 heavy (non-hydrogen) atoms. The van der Waals surface area contributed by atoms with Gasteiger partial charge in [-0.15, -0.1) is 0 Å². The van der Waals surface area contributed by atoms with Crippen LogP contribution < -0.4 is 14.8 Å². The number of hydrogen-bond acceptors (Lipinski definition) is 3. The van der Waals surface area contributed by atoms with Crippen molar-refractivity contribution in [1.82, 2.24) is 5.32 Å². The van der Waals surface area contributed by atoms with Crippen LogP contribution in [0.5, 0.6) is 11.5 Å². The van der Waals surface area contributed by atoms with Crippen LogP contribution in [-0.2, 0) is 13.2 Å². The first-order valence-corrected chi connectivity index (χ1v) is 6.80. The fourth-order valence-electron chi connectivity index (χ4n) is 1.92. The van der Waals surface area contributed by atoms with E-state index in [0.29, 0.717) is 6.61 Å². The Bertz CT molecular complexity index is 572. The molecule has 0 spiro atoms. The normalized spacial score (nSPS) is 10.3. The lowest BCUT2D eigenvalue weighted by Gasteiger charge is -2.13. The van der Waals surface area contributed by atoms with Crippen LogP contribution >= 0.6 is 11.6 Å². The van der Waals surface area contributed by atoms with Crippen molar-refractivity contribution in [2.45, 2.75) is 13.2 Å². The Morgan fingerprint density at radius 3 is 2.60 bits per heavy atom. The fourth-order valence-corrected chi connectivity index (χ4v) is 2.11. The highest BCUT2D eigenvalue weighted by molar-refractivity contribution is 6.31. The number of benzene rings is 2. The largest absolute Gasteiger partial charge is 0.497 e. The molecule has 0 aliphatic heterocycles. The Labute approximate surface area is 124 Å². The minimum atomic E-state index is 0.447. The molecule has 0 fully saturated rings. The zero-order chi connectivity index (χ0) is 14.4. The van der Waals surface area contributed by atoms with Crippen LogP contribution in [0.4, 0.5) is 0 Å². The number of rotatable bonds is 6. The third kappa shape index (κ3) is 3.65. The average Bonchev–Trinajstić information content (AvgIpc) is 2.47. The summed E-state index contributed by atoms with van der Waals surface area (Å²) in [5, 5.41) is 3.84. The first-order chi connectivity index (χ1) is 9.74. The van der Waals surface area contributed by atoms with Gasteiger partial charge in [0.05, 0.1) is 7.11 Å². The predicted molar refractivity (Wildman–Crippen MR) is 81.5 cm³/mol. The van der Waals surface area contributed by atoms with Crippen LogP contribution in [0.15, 0.2) is 42.5 Å². The molecule has 2 aromatic carbocycles. The third-order valence-corrected chi connectivity index (χ3v) is 3.34. The molecule has 0 saturated carbocycles. The third-order valence-electron chi connectivity index (χ3n) is 2.98. The van der Waals surface area contributed by atoms with E-state index >= 15 is 0 Å². The van der Waals surface area contributed by atoms with Crippen molar-refractivity contribution in [3.63, 3.8) is 0 Å². The summed E-state index contributed by atoms with van der Waals surface area (Å²) in [7, 11) is 3.56. The number of halogens is 1. The van der Waals surface area contributed by atoms with Gasteiger partial charge < -0.3 is 14.8 Å². The lowest BCUT2D eigenvalue weighted by Crippen LogP contribution is -2.08. The van der Waals surface area contributed by atoms with E-state index in [2.05, 4.69) is 5.32 Å². The molecule has 2 aromatic rings. The molecular weight excluding hydrogens is 274 g/mol. The molecule has 3 nitrogen and oxygen atoms in total. The van der Waals surface area contributed by atoms with Gasteiger partial charge in [0, 0.05) is 22.7 Å². The van der Waals surface area contributed by atoms with E-state index in [1.165, 1.54) is 0 Å². The van der Waals surface area contributed by atoms with Crippen LogP contribution in [0.3, 0.4) is 0 Å². The van der Waals surface area contributed by atoms with Crippen LogP contribution in [-0.4, -0.2) is 14.2 Å². The van der Waals surface area contributed by atoms with Crippen molar-refractivity contribution in [2.75, 3.05) is 14.2 Å². The van der Waals surface area contributed by atoms with Crippen molar-refractivity contribution in [2.24, 2.45) is 0 Å².